The largest absolute Gasteiger partial charge is 0.444 e. The van der Waals surface area contributed by atoms with E-state index < -0.39 is 34.7 Å². The van der Waals surface area contributed by atoms with Gasteiger partial charge in [0.2, 0.25) is 5.91 Å². The second-order valence-electron chi connectivity index (χ2n) is 8.96. The highest BCUT2D eigenvalue weighted by Crippen LogP contribution is 2.25. The third-order valence-corrected chi connectivity index (χ3v) is 4.75. The highest BCUT2D eigenvalue weighted by molar-refractivity contribution is 6.12. The van der Waals surface area contributed by atoms with Crippen LogP contribution in [0.3, 0.4) is 0 Å². The first kappa shape index (κ1) is 26.6. The van der Waals surface area contributed by atoms with Gasteiger partial charge in [0.15, 0.2) is 5.78 Å². The van der Waals surface area contributed by atoms with E-state index in [2.05, 4.69) is 22.5 Å². The molecule has 0 aliphatic heterocycles. The van der Waals surface area contributed by atoms with E-state index in [1.807, 2.05) is 30.3 Å². The number of hydrogen-bond acceptors (Lipinski definition) is 6. The molecule has 37 heavy (non-hydrogen) atoms. The molecule has 3 aromatic carbocycles. The molecule has 0 aliphatic carbocycles. The van der Waals surface area contributed by atoms with Gasteiger partial charge in [0.1, 0.15) is 5.60 Å². The molecule has 3 aromatic rings. The number of nitrogens with one attached hydrogen (secondary N) is 2. The van der Waals surface area contributed by atoms with Crippen LogP contribution in [-0.4, -0.2) is 28.3 Å². The summed E-state index contributed by atoms with van der Waals surface area (Å²) in [5, 5.41) is 16.2. The Bertz CT molecular complexity index is 1400. The number of carbonyl (C=O) groups is 3. The van der Waals surface area contributed by atoms with Crippen LogP contribution in [0.25, 0.3) is 0 Å². The van der Waals surface area contributed by atoms with E-state index in [0.29, 0.717) is 5.56 Å². The van der Waals surface area contributed by atoms with Gasteiger partial charge in [-0.3, -0.25) is 25.0 Å². The number of nitro groups is 1. The topological polar surface area (TPSA) is 128 Å². The number of rotatable bonds is 6. The van der Waals surface area contributed by atoms with E-state index in [1.165, 1.54) is 18.2 Å². The maximum absolute atomic E-state index is 12.7. The molecule has 9 heteroatoms. The SMILES string of the molecule is CC(C)(C)OC(=O)Nc1ccc(C#Cc2ccccc2)cc1NC(=O)CC(=O)c1cccc([N+](=O)[O-])c1. The Morgan fingerprint density at radius 1 is 0.865 bits per heavy atom. The monoisotopic (exact) mass is 499 g/mol. The number of nitro benzene ring substituents is 1. The first-order valence-electron chi connectivity index (χ1n) is 11.3. The number of amides is 2. The number of hydrogen-bond donors (Lipinski definition) is 2. The number of carbonyl (C=O) groups excluding carboxylic acids is 3. The maximum Gasteiger partial charge on any atom is 0.412 e. The zero-order chi connectivity index (χ0) is 27.0. The molecular weight excluding hydrogens is 474 g/mol. The zero-order valence-electron chi connectivity index (χ0n) is 20.5. The van der Waals surface area contributed by atoms with E-state index in [9.17, 15) is 24.5 Å². The third-order valence-electron chi connectivity index (χ3n) is 4.75. The van der Waals surface area contributed by atoms with Crippen LogP contribution in [0, 0.1) is 22.0 Å². The molecule has 0 heterocycles. The fourth-order valence-corrected chi connectivity index (χ4v) is 3.15. The van der Waals surface area contributed by atoms with Crippen molar-refractivity contribution in [2.24, 2.45) is 0 Å². The number of Topliss-reactive ketones (excluding diaryl/α,β-unsaturated/α-hetero) is 1. The molecule has 0 spiro atoms. The van der Waals surface area contributed by atoms with E-state index in [4.69, 9.17) is 4.74 Å². The summed E-state index contributed by atoms with van der Waals surface area (Å²) in [5.41, 5.74) is 0.863. The van der Waals surface area contributed by atoms with Gasteiger partial charge >= 0.3 is 6.09 Å². The molecule has 2 N–H and O–H groups in total. The van der Waals surface area contributed by atoms with Crippen molar-refractivity contribution in [2.75, 3.05) is 10.6 Å². The molecular formula is C28H25N3O6. The fourth-order valence-electron chi connectivity index (χ4n) is 3.15. The summed E-state index contributed by atoms with van der Waals surface area (Å²) in [6, 6.07) is 19.3. The Morgan fingerprint density at radius 2 is 1.57 bits per heavy atom. The highest BCUT2D eigenvalue weighted by Gasteiger charge is 2.19. The molecule has 188 valence electrons. The van der Waals surface area contributed by atoms with Gasteiger partial charge in [0.25, 0.3) is 5.69 Å². The predicted molar refractivity (Wildman–Crippen MR) is 139 cm³/mol. The molecule has 0 aliphatic rings. The Balaban J connectivity index is 1.83. The molecule has 0 saturated heterocycles. The molecule has 0 atom stereocenters. The van der Waals surface area contributed by atoms with Crippen molar-refractivity contribution in [3.8, 4) is 11.8 Å². The lowest BCUT2D eigenvalue weighted by atomic mass is 10.1. The third kappa shape index (κ3) is 8.33. The predicted octanol–water partition coefficient (Wildman–Crippen LogP) is 5.55. The Hall–Kier alpha value is -4.97. The molecule has 0 bridgehead atoms. The molecule has 0 fully saturated rings. The minimum Gasteiger partial charge on any atom is -0.444 e. The fraction of sp³-hybridized carbons (Fsp3) is 0.179. The van der Waals surface area contributed by atoms with Crippen molar-refractivity contribution in [1.29, 1.82) is 0 Å². The zero-order valence-corrected chi connectivity index (χ0v) is 20.5. The lowest BCUT2D eigenvalue weighted by molar-refractivity contribution is -0.384. The summed E-state index contributed by atoms with van der Waals surface area (Å²) in [7, 11) is 0. The van der Waals surface area contributed by atoms with Crippen LogP contribution in [0.2, 0.25) is 0 Å². The van der Waals surface area contributed by atoms with Crippen molar-refractivity contribution in [1.82, 2.24) is 0 Å². The number of anilines is 2. The summed E-state index contributed by atoms with van der Waals surface area (Å²) in [5.74, 6) is 4.75. The number of ketones is 1. The Labute approximate surface area is 214 Å². The van der Waals surface area contributed by atoms with Gasteiger partial charge in [-0.15, -0.1) is 0 Å². The van der Waals surface area contributed by atoms with Crippen LogP contribution in [0.4, 0.5) is 21.9 Å². The van der Waals surface area contributed by atoms with Crippen molar-refractivity contribution in [3.05, 3.63) is 99.6 Å². The Kier molecular flexibility index (Phi) is 8.38. The average molecular weight is 500 g/mol. The minimum atomic E-state index is -0.737. The van der Waals surface area contributed by atoms with Crippen molar-refractivity contribution < 1.29 is 24.0 Å². The van der Waals surface area contributed by atoms with E-state index in [0.717, 1.165) is 11.6 Å². The van der Waals surface area contributed by atoms with Crippen molar-refractivity contribution in [2.45, 2.75) is 32.8 Å². The van der Waals surface area contributed by atoms with Gasteiger partial charge in [0.05, 0.1) is 22.7 Å². The summed E-state index contributed by atoms with van der Waals surface area (Å²) >= 11 is 0. The lowest BCUT2D eigenvalue weighted by Crippen LogP contribution is -2.27. The number of benzene rings is 3. The van der Waals surface area contributed by atoms with Crippen LogP contribution in [0.1, 0.15) is 48.7 Å². The van der Waals surface area contributed by atoms with Gasteiger partial charge in [-0.05, 0) is 51.1 Å². The normalized spacial score (nSPS) is 10.5. The van der Waals surface area contributed by atoms with Crippen molar-refractivity contribution >= 4 is 34.8 Å². The second kappa shape index (κ2) is 11.6. The van der Waals surface area contributed by atoms with Crippen LogP contribution < -0.4 is 10.6 Å². The van der Waals surface area contributed by atoms with Crippen LogP contribution in [-0.2, 0) is 9.53 Å². The molecule has 0 unspecified atom stereocenters. The Morgan fingerprint density at radius 3 is 2.24 bits per heavy atom. The molecule has 0 aromatic heterocycles. The number of non-ortho nitro benzene ring substituents is 1. The second-order valence-corrected chi connectivity index (χ2v) is 8.96. The first-order chi connectivity index (χ1) is 17.5. The van der Waals surface area contributed by atoms with Gasteiger partial charge in [-0.25, -0.2) is 4.79 Å². The molecule has 9 nitrogen and oxygen atoms in total. The van der Waals surface area contributed by atoms with Gasteiger partial charge in [0, 0.05) is 28.8 Å². The van der Waals surface area contributed by atoms with Crippen LogP contribution in [0.5, 0.6) is 0 Å². The molecule has 0 saturated carbocycles. The summed E-state index contributed by atoms with van der Waals surface area (Å²) in [4.78, 5) is 48.0. The number of ether oxygens (including phenoxy) is 1. The van der Waals surface area contributed by atoms with E-state index in [1.54, 1.807) is 39.0 Å². The van der Waals surface area contributed by atoms with Crippen molar-refractivity contribution in [3.63, 3.8) is 0 Å². The maximum atomic E-state index is 12.7. The average Bonchev–Trinajstić information content (AvgIpc) is 2.83. The molecule has 3 rings (SSSR count). The van der Waals surface area contributed by atoms with Gasteiger partial charge in [-0.2, -0.15) is 0 Å². The first-order valence-corrected chi connectivity index (χ1v) is 11.3. The minimum absolute atomic E-state index is 0.0407. The summed E-state index contributed by atoms with van der Waals surface area (Å²) < 4.78 is 5.29. The quantitative estimate of drug-likeness (QED) is 0.150. The number of nitrogens with zero attached hydrogens (tertiary/aromatic N) is 1. The summed E-state index contributed by atoms with van der Waals surface area (Å²) in [6.45, 7) is 5.16. The summed E-state index contributed by atoms with van der Waals surface area (Å²) in [6.07, 6.45) is -1.29. The van der Waals surface area contributed by atoms with E-state index in [-0.39, 0.29) is 22.6 Å². The van der Waals surface area contributed by atoms with Crippen LogP contribution >= 0.6 is 0 Å². The molecule has 2 amide bonds. The van der Waals surface area contributed by atoms with Crippen LogP contribution in [0.15, 0.2) is 72.8 Å². The standard InChI is InChI=1S/C28H25N3O6/c1-28(2,3)37-27(34)30-23-15-14-20(13-12-19-8-5-4-6-9-19)16-24(23)29-26(33)18-25(32)21-10-7-11-22(17-21)31(35)36/h4-11,14-17H,18H2,1-3H3,(H,29,33)(H,30,34). The highest BCUT2D eigenvalue weighted by atomic mass is 16.6. The smallest absolute Gasteiger partial charge is 0.412 e. The molecule has 0 radical (unpaired) electrons. The van der Waals surface area contributed by atoms with Gasteiger partial charge in [-0.1, -0.05) is 42.2 Å². The van der Waals surface area contributed by atoms with E-state index >= 15 is 0 Å². The van der Waals surface area contributed by atoms with Gasteiger partial charge < -0.3 is 10.1 Å². The lowest BCUT2D eigenvalue weighted by Gasteiger charge is -2.20.